The van der Waals surface area contributed by atoms with E-state index >= 15 is 0 Å². The fourth-order valence-corrected chi connectivity index (χ4v) is 3.51. The van der Waals surface area contributed by atoms with Gasteiger partial charge in [0, 0.05) is 25.6 Å². The highest BCUT2D eigenvalue weighted by Crippen LogP contribution is 2.34. The lowest BCUT2D eigenvalue weighted by molar-refractivity contribution is -0.145. The second-order valence-electron chi connectivity index (χ2n) is 6.20. The Morgan fingerprint density at radius 2 is 2.00 bits per heavy atom. The van der Waals surface area contributed by atoms with E-state index in [-0.39, 0.29) is 29.5 Å². The zero-order valence-electron chi connectivity index (χ0n) is 13.5. The molecular formula is C16H28N2O3. The fraction of sp³-hybridized carbons (Fsp3) is 0.875. The predicted molar refractivity (Wildman–Crippen MR) is 80.8 cm³/mol. The van der Waals surface area contributed by atoms with Gasteiger partial charge in [-0.3, -0.25) is 9.59 Å². The Hall–Kier alpha value is -1.10. The van der Waals surface area contributed by atoms with Gasteiger partial charge in [0.1, 0.15) is 6.04 Å². The van der Waals surface area contributed by atoms with Crippen molar-refractivity contribution in [3.05, 3.63) is 0 Å². The molecule has 120 valence electrons. The maximum atomic E-state index is 12.7. The third kappa shape index (κ3) is 3.39. The Morgan fingerprint density at radius 3 is 2.62 bits per heavy atom. The number of amides is 2. The van der Waals surface area contributed by atoms with Crippen LogP contribution in [0.25, 0.3) is 0 Å². The number of hydrogen-bond acceptors (Lipinski definition) is 3. The monoisotopic (exact) mass is 296 g/mol. The molecule has 21 heavy (non-hydrogen) atoms. The van der Waals surface area contributed by atoms with E-state index in [4.69, 9.17) is 4.74 Å². The number of nitrogens with zero attached hydrogens (tertiary/aromatic N) is 1. The SMILES string of the molecule is CCC1NC(=O)CCN(C2CCOC(CC)(CC)C2)C1=O. The van der Waals surface area contributed by atoms with Crippen molar-refractivity contribution in [2.75, 3.05) is 13.2 Å². The first-order chi connectivity index (χ1) is 10.0. The van der Waals surface area contributed by atoms with Gasteiger partial charge in [-0.05, 0) is 32.1 Å². The number of carbonyl (C=O) groups is 2. The highest BCUT2D eigenvalue weighted by atomic mass is 16.5. The minimum absolute atomic E-state index is 0.0120. The van der Waals surface area contributed by atoms with E-state index in [0.717, 1.165) is 25.7 Å². The van der Waals surface area contributed by atoms with Gasteiger partial charge < -0.3 is 15.0 Å². The van der Waals surface area contributed by atoms with Crippen LogP contribution in [0.1, 0.15) is 59.3 Å². The van der Waals surface area contributed by atoms with Crippen LogP contribution in [0.4, 0.5) is 0 Å². The van der Waals surface area contributed by atoms with Crippen LogP contribution in [0.5, 0.6) is 0 Å². The Bertz CT molecular complexity index is 393. The molecule has 5 nitrogen and oxygen atoms in total. The van der Waals surface area contributed by atoms with Gasteiger partial charge >= 0.3 is 0 Å². The van der Waals surface area contributed by atoms with E-state index in [9.17, 15) is 9.59 Å². The molecule has 2 rings (SSSR count). The van der Waals surface area contributed by atoms with Gasteiger partial charge in [0.05, 0.1) is 5.60 Å². The molecule has 0 aromatic heterocycles. The minimum Gasteiger partial charge on any atom is -0.375 e. The molecule has 0 saturated carbocycles. The summed E-state index contributed by atoms with van der Waals surface area (Å²) in [6, 6.07) is -0.159. The minimum atomic E-state index is -0.361. The summed E-state index contributed by atoms with van der Waals surface area (Å²) in [5.74, 6) is 0.0679. The lowest BCUT2D eigenvalue weighted by atomic mass is 9.85. The molecule has 2 aliphatic heterocycles. The molecule has 2 amide bonds. The normalized spacial score (nSPS) is 30.0. The molecule has 2 heterocycles. The molecule has 1 N–H and O–H groups in total. The van der Waals surface area contributed by atoms with Crippen molar-refractivity contribution in [1.29, 1.82) is 0 Å². The van der Waals surface area contributed by atoms with Gasteiger partial charge in [-0.25, -0.2) is 0 Å². The van der Waals surface area contributed by atoms with Crippen LogP contribution in [0.2, 0.25) is 0 Å². The highest BCUT2D eigenvalue weighted by Gasteiger charge is 2.40. The van der Waals surface area contributed by atoms with E-state index in [1.807, 2.05) is 11.8 Å². The zero-order chi connectivity index (χ0) is 15.5. The van der Waals surface area contributed by atoms with Crippen LogP contribution in [0.3, 0.4) is 0 Å². The molecule has 0 radical (unpaired) electrons. The summed E-state index contributed by atoms with van der Waals surface area (Å²) in [5.41, 5.74) is -0.103. The molecule has 0 aliphatic carbocycles. The summed E-state index contributed by atoms with van der Waals surface area (Å²) in [5, 5.41) is 2.83. The summed E-state index contributed by atoms with van der Waals surface area (Å²) < 4.78 is 6.01. The van der Waals surface area contributed by atoms with Crippen LogP contribution in [0, 0.1) is 0 Å². The maximum Gasteiger partial charge on any atom is 0.245 e. The largest absolute Gasteiger partial charge is 0.375 e. The summed E-state index contributed by atoms with van der Waals surface area (Å²) in [6.45, 7) is 7.48. The second kappa shape index (κ2) is 6.77. The van der Waals surface area contributed by atoms with E-state index in [1.165, 1.54) is 0 Å². The van der Waals surface area contributed by atoms with Crippen LogP contribution in [-0.2, 0) is 14.3 Å². The fourth-order valence-electron chi connectivity index (χ4n) is 3.51. The van der Waals surface area contributed by atoms with Gasteiger partial charge in [-0.15, -0.1) is 0 Å². The lowest BCUT2D eigenvalue weighted by Gasteiger charge is -2.44. The van der Waals surface area contributed by atoms with E-state index in [0.29, 0.717) is 26.0 Å². The molecule has 0 aromatic rings. The van der Waals surface area contributed by atoms with Gasteiger partial charge in [0.25, 0.3) is 0 Å². The number of hydrogen-bond donors (Lipinski definition) is 1. The molecule has 0 bridgehead atoms. The molecule has 0 aromatic carbocycles. The number of nitrogens with one attached hydrogen (secondary N) is 1. The van der Waals surface area contributed by atoms with Crippen molar-refractivity contribution in [2.45, 2.75) is 77.0 Å². The predicted octanol–water partition coefficient (Wildman–Crippen LogP) is 1.85. The Balaban J connectivity index is 2.15. The molecule has 2 unspecified atom stereocenters. The Labute approximate surface area is 127 Å². The number of carbonyl (C=O) groups excluding carboxylic acids is 2. The van der Waals surface area contributed by atoms with E-state index in [1.54, 1.807) is 0 Å². The van der Waals surface area contributed by atoms with Crippen molar-refractivity contribution >= 4 is 11.8 Å². The average Bonchev–Trinajstić information content (AvgIpc) is 2.66. The molecule has 2 atom stereocenters. The number of rotatable bonds is 4. The van der Waals surface area contributed by atoms with Crippen molar-refractivity contribution in [3.8, 4) is 0 Å². The van der Waals surface area contributed by atoms with Crippen molar-refractivity contribution < 1.29 is 14.3 Å². The van der Waals surface area contributed by atoms with E-state index < -0.39 is 0 Å². The standard InChI is InChI=1S/C16H28N2O3/c1-4-13-15(20)18(9-7-14(19)17-13)12-8-10-21-16(5-2,6-3)11-12/h12-13H,4-11H2,1-3H3,(H,17,19). The topological polar surface area (TPSA) is 58.6 Å². The average molecular weight is 296 g/mol. The molecule has 2 aliphatic rings. The van der Waals surface area contributed by atoms with Crippen LogP contribution >= 0.6 is 0 Å². The first-order valence-electron chi connectivity index (χ1n) is 8.29. The van der Waals surface area contributed by atoms with Gasteiger partial charge in [0.2, 0.25) is 11.8 Å². The second-order valence-corrected chi connectivity index (χ2v) is 6.20. The third-order valence-electron chi connectivity index (χ3n) is 5.10. The maximum absolute atomic E-state index is 12.7. The van der Waals surface area contributed by atoms with Gasteiger partial charge in [-0.2, -0.15) is 0 Å². The zero-order valence-corrected chi connectivity index (χ0v) is 13.5. The van der Waals surface area contributed by atoms with Gasteiger partial charge in [0.15, 0.2) is 0 Å². The first-order valence-corrected chi connectivity index (χ1v) is 8.29. The molecular weight excluding hydrogens is 268 g/mol. The molecule has 2 saturated heterocycles. The van der Waals surface area contributed by atoms with E-state index in [2.05, 4.69) is 19.2 Å². The quantitative estimate of drug-likeness (QED) is 0.861. The van der Waals surface area contributed by atoms with Crippen LogP contribution < -0.4 is 5.32 Å². The molecule has 5 heteroatoms. The highest BCUT2D eigenvalue weighted by molar-refractivity contribution is 5.90. The molecule has 2 fully saturated rings. The number of ether oxygens (including phenoxy) is 1. The summed E-state index contributed by atoms with van der Waals surface area (Å²) in [7, 11) is 0. The van der Waals surface area contributed by atoms with Crippen LogP contribution in [0.15, 0.2) is 0 Å². The van der Waals surface area contributed by atoms with Crippen molar-refractivity contribution in [3.63, 3.8) is 0 Å². The molecule has 0 spiro atoms. The van der Waals surface area contributed by atoms with Crippen molar-refractivity contribution in [2.24, 2.45) is 0 Å². The summed E-state index contributed by atoms with van der Waals surface area (Å²) in [4.78, 5) is 26.4. The summed E-state index contributed by atoms with van der Waals surface area (Å²) >= 11 is 0. The van der Waals surface area contributed by atoms with Gasteiger partial charge in [-0.1, -0.05) is 20.8 Å². The Morgan fingerprint density at radius 1 is 1.29 bits per heavy atom. The lowest BCUT2D eigenvalue weighted by Crippen LogP contribution is -2.53. The smallest absolute Gasteiger partial charge is 0.245 e. The van der Waals surface area contributed by atoms with Crippen molar-refractivity contribution in [1.82, 2.24) is 10.2 Å². The first kappa shape index (κ1) is 16.3. The summed E-state index contributed by atoms with van der Waals surface area (Å²) in [6.07, 6.45) is 4.75. The Kier molecular flexibility index (Phi) is 5.25. The third-order valence-corrected chi connectivity index (χ3v) is 5.10. The van der Waals surface area contributed by atoms with Crippen LogP contribution in [-0.4, -0.2) is 47.6 Å².